The summed E-state index contributed by atoms with van der Waals surface area (Å²) >= 11 is 1.58. The summed E-state index contributed by atoms with van der Waals surface area (Å²) in [6.07, 6.45) is -6.53. The monoisotopic (exact) mass is 483 g/mol. The highest BCUT2D eigenvalue weighted by molar-refractivity contribution is 7.99. The Balaban J connectivity index is 2.05. The van der Waals surface area contributed by atoms with Crippen LogP contribution in [0.15, 0.2) is 47.4 Å². The molecular formula is C25H32F3NO3S. The zero-order chi connectivity index (χ0) is 24.1. The van der Waals surface area contributed by atoms with Gasteiger partial charge in [0, 0.05) is 16.2 Å². The fraction of sp³-hybridized carbons (Fsp3) is 0.520. The molecular weight excluding hydrogens is 451 g/mol. The van der Waals surface area contributed by atoms with Gasteiger partial charge in [-0.1, -0.05) is 37.3 Å². The van der Waals surface area contributed by atoms with Gasteiger partial charge in [-0.3, -0.25) is 5.32 Å². The van der Waals surface area contributed by atoms with Crippen LogP contribution in [0.5, 0.6) is 11.5 Å². The van der Waals surface area contributed by atoms with Crippen LogP contribution in [0.4, 0.5) is 13.2 Å². The molecule has 2 aromatic rings. The molecule has 2 aromatic carbocycles. The molecule has 0 bridgehead atoms. The minimum atomic E-state index is -4.41. The molecule has 2 N–H and O–H groups in total. The van der Waals surface area contributed by atoms with E-state index in [1.807, 2.05) is 63.2 Å². The Bertz CT molecular complexity index is 910. The van der Waals surface area contributed by atoms with E-state index in [9.17, 15) is 18.3 Å². The number of benzene rings is 2. The summed E-state index contributed by atoms with van der Waals surface area (Å²) in [5.74, 6) is 1.81. The third-order valence-electron chi connectivity index (χ3n) is 5.84. The molecule has 1 aliphatic heterocycles. The van der Waals surface area contributed by atoms with Crippen LogP contribution in [0, 0.1) is 0 Å². The van der Waals surface area contributed by atoms with Crippen molar-refractivity contribution in [3.05, 3.63) is 53.6 Å². The maximum Gasteiger partial charge on any atom is 0.391 e. The van der Waals surface area contributed by atoms with Crippen molar-refractivity contribution in [1.29, 1.82) is 0 Å². The molecule has 8 heteroatoms. The zero-order valence-electron chi connectivity index (χ0n) is 19.2. The molecule has 0 aliphatic carbocycles. The Labute approximate surface area is 197 Å². The van der Waals surface area contributed by atoms with Crippen LogP contribution in [-0.2, 0) is 0 Å². The number of rotatable bonds is 9. The highest BCUT2D eigenvalue weighted by Crippen LogP contribution is 2.45. The van der Waals surface area contributed by atoms with Crippen molar-refractivity contribution in [2.45, 2.75) is 68.8 Å². The second-order valence-electron chi connectivity index (χ2n) is 8.29. The number of aliphatic hydroxyl groups is 1. The van der Waals surface area contributed by atoms with Crippen LogP contribution in [0.2, 0.25) is 0 Å². The SMILES string of the molecule is CCOc1cc2c(cc1OCC)C(c1ccccc1)NC(CC)(CC(O)CC(F)(F)F)CS2. The Morgan fingerprint density at radius 1 is 1.09 bits per heavy atom. The predicted molar refractivity (Wildman–Crippen MR) is 125 cm³/mol. The molecule has 1 heterocycles. The lowest BCUT2D eigenvalue weighted by Gasteiger charge is -2.37. The molecule has 3 unspecified atom stereocenters. The van der Waals surface area contributed by atoms with Gasteiger partial charge in [0.2, 0.25) is 0 Å². The molecule has 0 amide bonds. The fourth-order valence-electron chi connectivity index (χ4n) is 4.25. The third kappa shape index (κ3) is 6.58. The summed E-state index contributed by atoms with van der Waals surface area (Å²) in [6.45, 7) is 6.74. The minimum Gasteiger partial charge on any atom is -0.490 e. The lowest BCUT2D eigenvalue weighted by atomic mass is 9.86. The predicted octanol–water partition coefficient (Wildman–Crippen LogP) is 6.12. The molecule has 33 heavy (non-hydrogen) atoms. The average molecular weight is 484 g/mol. The molecule has 0 radical (unpaired) electrons. The Hall–Kier alpha value is -1.90. The van der Waals surface area contributed by atoms with E-state index < -0.39 is 24.2 Å². The van der Waals surface area contributed by atoms with Crippen molar-refractivity contribution in [2.24, 2.45) is 0 Å². The van der Waals surface area contributed by atoms with Crippen molar-refractivity contribution in [2.75, 3.05) is 19.0 Å². The Morgan fingerprint density at radius 2 is 1.73 bits per heavy atom. The van der Waals surface area contributed by atoms with Crippen molar-refractivity contribution < 1.29 is 27.8 Å². The summed E-state index contributed by atoms with van der Waals surface area (Å²) in [6, 6.07) is 13.5. The number of thioether (sulfide) groups is 1. The molecule has 0 saturated carbocycles. The molecule has 0 spiro atoms. The normalized spacial score (nSPS) is 21.7. The van der Waals surface area contributed by atoms with Crippen LogP contribution in [-0.4, -0.2) is 41.9 Å². The van der Waals surface area contributed by atoms with E-state index in [-0.39, 0.29) is 12.5 Å². The smallest absolute Gasteiger partial charge is 0.391 e. The van der Waals surface area contributed by atoms with E-state index in [4.69, 9.17) is 9.47 Å². The van der Waals surface area contributed by atoms with Crippen LogP contribution in [0.1, 0.15) is 57.2 Å². The van der Waals surface area contributed by atoms with Crippen molar-refractivity contribution in [1.82, 2.24) is 5.32 Å². The first-order valence-corrected chi connectivity index (χ1v) is 12.3. The number of halogens is 3. The first-order chi connectivity index (χ1) is 15.7. The van der Waals surface area contributed by atoms with E-state index in [1.165, 1.54) is 0 Å². The standard InChI is InChI=1S/C25H32F3NO3S/c1-4-24(14-18(30)15-25(26,27)28)16-33-22-13-21(32-6-3)20(31-5-2)12-19(22)23(29-24)17-10-8-7-9-11-17/h7-13,18,23,29-30H,4-6,14-16H2,1-3H3. The Morgan fingerprint density at radius 3 is 2.30 bits per heavy atom. The molecule has 3 rings (SSSR count). The summed E-state index contributed by atoms with van der Waals surface area (Å²) < 4.78 is 50.5. The van der Waals surface area contributed by atoms with Crippen LogP contribution < -0.4 is 14.8 Å². The lowest BCUT2D eigenvalue weighted by Crippen LogP contribution is -2.50. The largest absolute Gasteiger partial charge is 0.490 e. The molecule has 3 atom stereocenters. The van der Waals surface area contributed by atoms with Crippen molar-refractivity contribution in [3.63, 3.8) is 0 Å². The second kappa shape index (κ2) is 11.0. The maximum atomic E-state index is 12.9. The number of aliphatic hydroxyl groups excluding tert-OH is 1. The highest BCUT2D eigenvalue weighted by Gasteiger charge is 2.40. The van der Waals surface area contributed by atoms with E-state index in [0.29, 0.717) is 36.9 Å². The molecule has 0 saturated heterocycles. The maximum absolute atomic E-state index is 12.9. The molecule has 0 aromatic heterocycles. The first-order valence-electron chi connectivity index (χ1n) is 11.3. The van der Waals surface area contributed by atoms with Gasteiger partial charge in [-0.05, 0) is 49.9 Å². The average Bonchev–Trinajstić information content (AvgIpc) is 2.91. The van der Waals surface area contributed by atoms with Gasteiger partial charge in [-0.2, -0.15) is 13.2 Å². The van der Waals surface area contributed by atoms with Crippen LogP contribution in [0.25, 0.3) is 0 Å². The van der Waals surface area contributed by atoms with E-state index in [1.54, 1.807) is 11.8 Å². The van der Waals surface area contributed by atoms with Gasteiger partial charge in [0.05, 0.1) is 31.8 Å². The second-order valence-corrected chi connectivity index (χ2v) is 9.31. The van der Waals surface area contributed by atoms with Gasteiger partial charge < -0.3 is 14.6 Å². The molecule has 4 nitrogen and oxygen atoms in total. The number of ether oxygens (including phenoxy) is 2. The van der Waals surface area contributed by atoms with Gasteiger partial charge >= 0.3 is 6.18 Å². The summed E-state index contributed by atoms with van der Waals surface area (Å²) in [4.78, 5) is 0.990. The van der Waals surface area contributed by atoms with E-state index in [0.717, 1.165) is 16.0 Å². The summed E-state index contributed by atoms with van der Waals surface area (Å²) in [5, 5.41) is 14.0. The van der Waals surface area contributed by atoms with Gasteiger partial charge in [0.25, 0.3) is 0 Å². The van der Waals surface area contributed by atoms with Crippen LogP contribution in [0.3, 0.4) is 0 Å². The zero-order valence-corrected chi connectivity index (χ0v) is 20.1. The number of alkyl halides is 3. The van der Waals surface area contributed by atoms with Gasteiger partial charge in [0.15, 0.2) is 11.5 Å². The lowest BCUT2D eigenvalue weighted by molar-refractivity contribution is -0.155. The quantitative estimate of drug-likeness (QED) is 0.450. The first kappa shape index (κ1) is 25.7. The van der Waals surface area contributed by atoms with E-state index >= 15 is 0 Å². The minimum absolute atomic E-state index is 0.00393. The van der Waals surface area contributed by atoms with E-state index in [2.05, 4.69) is 5.32 Å². The van der Waals surface area contributed by atoms with Crippen LogP contribution >= 0.6 is 11.8 Å². The number of nitrogens with one attached hydrogen (secondary N) is 1. The number of hydrogen-bond donors (Lipinski definition) is 2. The number of hydrogen-bond acceptors (Lipinski definition) is 5. The highest BCUT2D eigenvalue weighted by atomic mass is 32.2. The van der Waals surface area contributed by atoms with Gasteiger partial charge in [-0.15, -0.1) is 11.8 Å². The third-order valence-corrected chi connectivity index (χ3v) is 7.21. The Kier molecular flexibility index (Phi) is 8.59. The summed E-state index contributed by atoms with van der Waals surface area (Å²) in [7, 11) is 0. The number of fused-ring (bicyclic) bond motifs is 1. The van der Waals surface area contributed by atoms with Crippen molar-refractivity contribution >= 4 is 11.8 Å². The summed E-state index contributed by atoms with van der Waals surface area (Å²) in [5.41, 5.74) is 1.29. The van der Waals surface area contributed by atoms with Gasteiger partial charge in [-0.25, -0.2) is 0 Å². The fourth-order valence-corrected chi connectivity index (χ4v) is 5.62. The molecule has 0 fully saturated rings. The topological polar surface area (TPSA) is 50.7 Å². The van der Waals surface area contributed by atoms with Gasteiger partial charge in [0.1, 0.15) is 0 Å². The molecule has 1 aliphatic rings. The van der Waals surface area contributed by atoms with Crippen molar-refractivity contribution in [3.8, 4) is 11.5 Å². The molecule has 182 valence electrons.